The fraction of sp³-hybridized carbons (Fsp3) is 0.167. The van der Waals surface area contributed by atoms with E-state index in [4.69, 9.17) is 33.2 Å². The zero-order valence-electron chi connectivity index (χ0n) is 8.98. The molecule has 0 aliphatic heterocycles. The summed E-state index contributed by atoms with van der Waals surface area (Å²) in [6.07, 6.45) is 2.00. The summed E-state index contributed by atoms with van der Waals surface area (Å²) in [4.78, 5) is 11.2. The maximum atomic E-state index is 11.2. The second-order valence-corrected chi connectivity index (χ2v) is 4.03. The molecule has 0 amide bonds. The first-order valence-electron chi connectivity index (χ1n) is 4.76. The largest absolute Gasteiger partial charge is 0.444 e. The lowest BCUT2D eigenvalue weighted by Crippen LogP contribution is -2.10. The molecule has 3 nitrogen and oxygen atoms in total. The van der Waals surface area contributed by atoms with Gasteiger partial charge in [0, 0.05) is 6.08 Å². The molecule has 0 aliphatic carbocycles. The van der Waals surface area contributed by atoms with Gasteiger partial charge in [0.1, 0.15) is 6.07 Å². The van der Waals surface area contributed by atoms with Gasteiger partial charge in [-0.2, -0.15) is 5.26 Å². The minimum Gasteiger partial charge on any atom is -0.444 e. The quantitative estimate of drug-likeness (QED) is 0.624. The molecule has 0 fully saturated rings. The number of nitrogens with zero attached hydrogens (tertiary/aromatic N) is 1. The molecule has 1 atom stereocenters. The van der Waals surface area contributed by atoms with Crippen LogP contribution >= 0.6 is 23.2 Å². The van der Waals surface area contributed by atoms with E-state index in [0.29, 0.717) is 10.0 Å². The third-order valence-corrected chi connectivity index (χ3v) is 2.57. The predicted molar refractivity (Wildman–Crippen MR) is 66.7 cm³/mol. The molecule has 1 aromatic carbocycles. The Morgan fingerprint density at radius 3 is 2.76 bits per heavy atom. The SMILES string of the molecule is CC(C#N)OC(=O)/C=C/c1ccc(Cl)c(Cl)c1. The molecule has 0 aliphatic rings. The van der Waals surface area contributed by atoms with Crippen LogP contribution in [0.1, 0.15) is 12.5 Å². The van der Waals surface area contributed by atoms with Gasteiger partial charge in [0.15, 0.2) is 6.10 Å². The molecular weight excluding hydrogens is 261 g/mol. The number of nitriles is 1. The Kier molecular flexibility index (Phi) is 5.02. The number of hydrogen-bond acceptors (Lipinski definition) is 3. The monoisotopic (exact) mass is 269 g/mol. The summed E-state index contributed by atoms with van der Waals surface area (Å²) < 4.78 is 4.73. The molecule has 0 N–H and O–H groups in total. The molecule has 1 rings (SSSR count). The Morgan fingerprint density at radius 2 is 2.18 bits per heavy atom. The zero-order valence-corrected chi connectivity index (χ0v) is 10.5. The normalized spacial score (nSPS) is 12.1. The van der Waals surface area contributed by atoms with Crippen molar-refractivity contribution in [1.82, 2.24) is 0 Å². The fourth-order valence-electron chi connectivity index (χ4n) is 1.02. The van der Waals surface area contributed by atoms with Crippen molar-refractivity contribution in [2.45, 2.75) is 13.0 Å². The van der Waals surface area contributed by atoms with Crippen molar-refractivity contribution in [3.8, 4) is 6.07 Å². The molecule has 0 bridgehead atoms. The van der Waals surface area contributed by atoms with E-state index < -0.39 is 12.1 Å². The Labute approximate surface area is 109 Å². The third kappa shape index (κ3) is 4.48. The molecule has 0 saturated heterocycles. The molecular formula is C12H9Cl2NO2. The molecule has 0 aromatic heterocycles. The maximum absolute atomic E-state index is 11.2. The highest BCUT2D eigenvalue weighted by atomic mass is 35.5. The van der Waals surface area contributed by atoms with Gasteiger partial charge < -0.3 is 4.74 Å². The van der Waals surface area contributed by atoms with Crippen molar-refractivity contribution >= 4 is 35.2 Å². The molecule has 0 spiro atoms. The van der Waals surface area contributed by atoms with Gasteiger partial charge in [0.2, 0.25) is 0 Å². The average Bonchev–Trinajstić information content (AvgIpc) is 2.30. The summed E-state index contributed by atoms with van der Waals surface area (Å²) in [5.41, 5.74) is 0.723. The number of carbonyl (C=O) groups is 1. The van der Waals surface area contributed by atoms with Crippen molar-refractivity contribution in [3.05, 3.63) is 39.9 Å². The minimum atomic E-state index is -0.763. The molecule has 0 heterocycles. The first kappa shape index (κ1) is 13.6. The molecule has 0 saturated carbocycles. The van der Waals surface area contributed by atoms with Crippen molar-refractivity contribution < 1.29 is 9.53 Å². The number of benzene rings is 1. The van der Waals surface area contributed by atoms with E-state index in [-0.39, 0.29) is 0 Å². The van der Waals surface area contributed by atoms with Crippen LogP contribution in [0.15, 0.2) is 24.3 Å². The second kappa shape index (κ2) is 6.29. The van der Waals surface area contributed by atoms with Crippen LogP contribution in [0, 0.1) is 11.3 Å². The Balaban J connectivity index is 2.68. The van der Waals surface area contributed by atoms with E-state index in [9.17, 15) is 4.79 Å². The molecule has 0 radical (unpaired) electrons. The van der Waals surface area contributed by atoms with Crippen molar-refractivity contribution in [3.63, 3.8) is 0 Å². The first-order chi connectivity index (χ1) is 8.02. The number of ether oxygens (including phenoxy) is 1. The summed E-state index contributed by atoms with van der Waals surface area (Å²) in [5.74, 6) is -0.579. The van der Waals surface area contributed by atoms with Crippen molar-refractivity contribution in [2.75, 3.05) is 0 Å². The van der Waals surface area contributed by atoms with Crippen LogP contribution in [0.2, 0.25) is 10.0 Å². The number of rotatable bonds is 3. The van der Waals surface area contributed by atoms with Crippen LogP contribution < -0.4 is 0 Å². The predicted octanol–water partition coefficient (Wildman–Crippen LogP) is 3.46. The lowest BCUT2D eigenvalue weighted by Gasteiger charge is -2.01. The van der Waals surface area contributed by atoms with Gasteiger partial charge in [-0.1, -0.05) is 29.3 Å². The molecule has 88 valence electrons. The van der Waals surface area contributed by atoms with Gasteiger partial charge in [-0.3, -0.25) is 0 Å². The van der Waals surface area contributed by atoms with Gasteiger partial charge >= 0.3 is 5.97 Å². The summed E-state index contributed by atoms with van der Waals surface area (Å²) in [6, 6.07) is 6.77. The van der Waals surface area contributed by atoms with Crippen molar-refractivity contribution in [1.29, 1.82) is 5.26 Å². The van der Waals surface area contributed by atoms with E-state index in [0.717, 1.165) is 5.56 Å². The van der Waals surface area contributed by atoms with Gasteiger partial charge in [-0.25, -0.2) is 4.79 Å². The summed E-state index contributed by atoms with van der Waals surface area (Å²) >= 11 is 11.6. The number of esters is 1. The smallest absolute Gasteiger partial charge is 0.332 e. The lowest BCUT2D eigenvalue weighted by atomic mass is 10.2. The second-order valence-electron chi connectivity index (χ2n) is 3.22. The minimum absolute atomic E-state index is 0.410. The fourth-order valence-corrected chi connectivity index (χ4v) is 1.33. The summed E-state index contributed by atoms with van der Waals surface area (Å²) in [5, 5.41) is 9.31. The molecule has 17 heavy (non-hydrogen) atoms. The average molecular weight is 270 g/mol. The highest BCUT2D eigenvalue weighted by Crippen LogP contribution is 2.23. The van der Waals surface area contributed by atoms with Crippen LogP contribution in [0.3, 0.4) is 0 Å². The number of carbonyl (C=O) groups excluding carboxylic acids is 1. The molecule has 1 unspecified atom stereocenters. The van der Waals surface area contributed by atoms with Crippen LogP contribution in [-0.2, 0) is 9.53 Å². The standard InChI is InChI=1S/C12H9Cl2NO2/c1-8(7-15)17-12(16)5-3-9-2-4-10(13)11(14)6-9/h2-6,8H,1H3/b5-3+. The van der Waals surface area contributed by atoms with Gasteiger partial charge in [-0.15, -0.1) is 0 Å². The number of halogens is 2. The van der Waals surface area contributed by atoms with Gasteiger partial charge in [-0.05, 0) is 30.7 Å². The Bertz CT molecular complexity index is 492. The third-order valence-electron chi connectivity index (χ3n) is 1.83. The summed E-state index contributed by atoms with van der Waals surface area (Å²) in [7, 11) is 0. The highest BCUT2D eigenvalue weighted by molar-refractivity contribution is 6.42. The van der Waals surface area contributed by atoms with E-state index in [2.05, 4.69) is 0 Å². The Hall–Kier alpha value is -1.50. The van der Waals surface area contributed by atoms with Crippen LogP contribution in [0.4, 0.5) is 0 Å². The van der Waals surface area contributed by atoms with E-state index >= 15 is 0 Å². The highest BCUT2D eigenvalue weighted by Gasteiger charge is 2.04. The topological polar surface area (TPSA) is 50.1 Å². The Morgan fingerprint density at radius 1 is 1.47 bits per heavy atom. The van der Waals surface area contributed by atoms with Crippen molar-refractivity contribution in [2.24, 2.45) is 0 Å². The zero-order chi connectivity index (χ0) is 12.8. The summed E-state index contributed by atoms with van der Waals surface area (Å²) in [6.45, 7) is 1.49. The molecule has 5 heteroatoms. The van der Waals surface area contributed by atoms with E-state index in [1.54, 1.807) is 24.3 Å². The van der Waals surface area contributed by atoms with E-state index in [1.165, 1.54) is 19.1 Å². The molecule has 1 aromatic rings. The van der Waals surface area contributed by atoms with E-state index in [1.807, 2.05) is 0 Å². The van der Waals surface area contributed by atoms with Crippen LogP contribution in [-0.4, -0.2) is 12.1 Å². The van der Waals surface area contributed by atoms with Gasteiger partial charge in [0.05, 0.1) is 10.0 Å². The van der Waals surface area contributed by atoms with Crippen LogP contribution in [0.25, 0.3) is 6.08 Å². The number of hydrogen-bond donors (Lipinski definition) is 0. The maximum Gasteiger partial charge on any atom is 0.332 e. The van der Waals surface area contributed by atoms with Gasteiger partial charge in [0.25, 0.3) is 0 Å². The lowest BCUT2D eigenvalue weighted by molar-refractivity contribution is -0.139. The first-order valence-corrected chi connectivity index (χ1v) is 5.52. The van der Waals surface area contributed by atoms with Crippen LogP contribution in [0.5, 0.6) is 0 Å².